The van der Waals surface area contributed by atoms with Crippen LogP contribution < -0.4 is 5.32 Å². The van der Waals surface area contributed by atoms with Crippen LogP contribution in [0.2, 0.25) is 0 Å². The number of halogens is 1. The summed E-state index contributed by atoms with van der Waals surface area (Å²) in [7, 11) is 1.70. The van der Waals surface area contributed by atoms with Gasteiger partial charge >= 0.3 is 0 Å². The van der Waals surface area contributed by atoms with Crippen LogP contribution in [0.1, 0.15) is 58.0 Å². The van der Waals surface area contributed by atoms with Gasteiger partial charge < -0.3 is 15.1 Å². The summed E-state index contributed by atoms with van der Waals surface area (Å²) in [4.78, 5) is 41.9. The summed E-state index contributed by atoms with van der Waals surface area (Å²) >= 11 is 6.92. The molecule has 1 aliphatic heterocycles. The highest BCUT2D eigenvalue weighted by molar-refractivity contribution is 8.05. The molecule has 1 saturated heterocycles. The van der Waals surface area contributed by atoms with Crippen LogP contribution in [0.3, 0.4) is 0 Å². The third-order valence-electron chi connectivity index (χ3n) is 6.61. The number of likely N-dealkylation sites (tertiary alicyclic amines) is 1. The molecule has 0 aromatic heterocycles. The first kappa shape index (κ1) is 32.8. The molecule has 0 bridgehead atoms. The van der Waals surface area contributed by atoms with E-state index in [0.717, 1.165) is 37.1 Å². The molecule has 2 amide bonds. The quantitative estimate of drug-likeness (QED) is 0.0799. The number of amidine groups is 1. The van der Waals surface area contributed by atoms with Gasteiger partial charge in [-0.3, -0.25) is 19.8 Å². The Morgan fingerprint density at radius 2 is 1.75 bits per heavy atom. The molecule has 0 radical (unpaired) electrons. The van der Waals surface area contributed by atoms with Gasteiger partial charge in [0.1, 0.15) is 5.84 Å². The number of nitrogens with zero attached hydrogens (tertiary/aromatic N) is 2. The number of allylic oxidation sites excluding steroid dienone is 1. The molecule has 1 aliphatic rings. The first-order chi connectivity index (χ1) is 19.4. The number of alkyl halides is 1. The molecule has 7 nitrogen and oxygen atoms in total. The topological polar surface area (TPSA) is 93.6 Å². The number of amides is 2. The maximum Gasteiger partial charge on any atom is 0.261 e. The van der Waals surface area contributed by atoms with Crippen LogP contribution in [0, 0.1) is 5.41 Å². The number of carbonyl (C=O) groups is 3. The van der Waals surface area contributed by atoms with Crippen LogP contribution in [-0.4, -0.2) is 65.6 Å². The van der Waals surface area contributed by atoms with Crippen molar-refractivity contribution in [1.29, 1.82) is 5.41 Å². The third-order valence-corrected chi connectivity index (χ3v) is 7.78. The van der Waals surface area contributed by atoms with Gasteiger partial charge in [0.2, 0.25) is 0 Å². The molecule has 0 unspecified atom stereocenters. The second-order valence-electron chi connectivity index (χ2n) is 9.21. The highest BCUT2D eigenvalue weighted by atomic mass is 35.5. The lowest BCUT2D eigenvalue weighted by Crippen LogP contribution is -2.36. The summed E-state index contributed by atoms with van der Waals surface area (Å²) in [6, 6.07) is 13.0. The molecule has 214 valence electrons. The first-order valence-electron chi connectivity index (χ1n) is 13.3. The maximum atomic E-state index is 13.2. The zero-order valence-corrected chi connectivity index (χ0v) is 25.0. The molecule has 2 aromatic rings. The predicted octanol–water partition coefficient (Wildman–Crippen LogP) is 6.39. The summed E-state index contributed by atoms with van der Waals surface area (Å²) in [6.45, 7) is 10.1. The van der Waals surface area contributed by atoms with Crippen molar-refractivity contribution >= 4 is 53.0 Å². The average Bonchev–Trinajstić information content (AvgIpc) is 3.00. The van der Waals surface area contributed by atoms with Crippen molar-refractivity contribution in [3.05, 3.63) is 88.9 Å². The van der Waals surface area contributed by atoms with Gasteiger partial charge in [-0.05, 0) is 55.9 Å². The van der Waals surface area contributed by atoms with Gasteiger partial charge in [-0.1, -0.05) is 36.4 Å². The predicted molar refractivity (Wildman–Crippen MR) is 168 cm³/mol. The minimum atomic E-state index is -0.381. The fourth-order valence-electron chi connectivity index (χ4n) is 4.41. The van der Waals surface area contributed by atoms with Crippen LogP contribution in [0.15, 0.2) is 66.6 Å². The van der Waals surface area contributed by atoms with E-state index in [1.807, 2.05) is 24.3 Å². The largest absolute Gasteiger partial charge is 0.360 e. The molecular formula is C31H39ClN4O3S. The Morgan fingerprint density at radius 1 is 1.10 bits per heavy atom. The van der Waals surface area contributed by atoms with E-state index in [1.54, 1.807) is 43.1 Å². The first-order valence-corrected chi connectivity index (χ1v) is 14.8. The highest BCUT2D eigenvalue weighted by Crippen LogP contribution is 2.23. The van der Waals surface area contributed by atoms with E-state index in [2.05, 4.69) is 23.4 Å². The molecule has 0 aliphatic carbocycles. The number of anilines is 1. The van der Waals surface area contributed by atoms with Crippen molar-refractivity contribution in [3.8, 4) is 0 Å². The summed E-state index contributed by atoms with van der Waals surface area (Å²) in [5.74, 6) is -0.00294. The number of likely N-dealkylation sites (N-methyl/N-ethyl adjacent to an activating group) is 1. The number of thioether (sulfide) groups is 1. The fraction of sp³-hybridized carbons (Fsp3) is 0.355. The lowest BCUT2D eigenvalue weighted by atomic mass is 10.0. The SMILES string of the molecule is C/C=C(\SCCl)C(=O)Nc1cccc(C(=O)N(C)CCc2ccc(CC(=N)N3CCCCC3)cc2)c1C=O.C=C. The summed E-state index contributed by atoms with van der Waals surface area (Å²) in [5, 5.41) is 11.3. The standard InChI is InChI=1S/C29H35ClN4O3S.C2H4/c1-3-26(38-20-30)28(36)32-25-9-7-8-23(24(25)19-35)29(37)33(2)17-14-21-10-12-22(13-11-21)18-27(31)34-15-5-4-6-16-34;1-2/h3,7-13,19,31H,4-6,14-18,20H2,1-2H3,(H,32,36);1-2H2/b26-3-,31-27?;. The maximum absolute atomic E-state index is 13.2. The second-order valence-corrected chi connectivity index (χ2v) is 10.8. The van der Waals surface area contributed by atoms with Gasteiger partial charge in [0.05, 0.1) is 26.9 Å². The highest BCUT2D eigenvalue weighted by Gasteiger charge is 2.20. The van der Waals surface area contributed by atoms with Crippen molar-refractivity contribution in [1.82, 2.24) is 9.80 Å². The Kier molecular flexibility index (Phi) is 14.3. The number of aldehydes is 1. The van der Waals surface area contributed by atoms with E-state index in [9.17, 15) is 14.4 Å². The van der Waals surface area contributed by atoms with Gasteiger partial charge in [-0.2, -0.15) is 0 Å². The lowest BCUT2D eigenvalue weighted by Gasteiger charge is -2.29. The Hall–Kier alpha value is -3.36. The smallest absolute Gasteiger partial charge is 0.261 e. The van der Waals surface area contributed by atoms with Crippen LogP contribution in [0.25, 0.3) is 0 Å². The van der Waals surface area contributed by atoms with E-state index >= 15 is 0 Å². The number of carbonyl (C=O) groups excluding carboxylic acids is 3. The Morgan fingerprint density at radius 3 is 2.35 bits per heavy atom. The van der Waals surface area contributed by atoms with Gasteiger partial charge in [0.25, 0.3) is 11.8 Å². The zero-order chi connectivity index (χ0) is 29.5. The lowest BCUT2D eigenvalue weighted by molar-refractivity contribution is -0.112. The number of rotatable bonds is 11. The van der Waals surface area contributed by atoms with Gasteiger partial charge in [-0.25, -0.2) is 0 Å². The summed E-state index contributed by atoms with van der Waals surface area (Å²) in [5.41, 5.74) is 2.85. The Labute approximate surface area is 247 Å². The normalized spacial score (nSPS) is 13.1. The number of piperidine rings is 1. The Balaban J connectivity index is 0.00000274. The van der Waals surface area contributed by atoms with Crippen molar-refractivity contribution in [2.45, 2.75) is 39.0 Å². The molecule has 0 spiro atoms. The zero-order valence-electron chi connectivity index (χ0n) is 23.4. The number of hydrogen-bond acceptors (Lipinski definition) is 5. The molecule has 2 N–H and O–H groups in total. The fourth-order valence-corrected chi connectivity index (χ4v) is 5.23. The molecule has 0 atom stereocenters. The van der Waals surface area contributed by atoms with Crippen molar-refractivity contribution in [2.75, 3.05) is 37.2 Å². The molecule has 2 aromatic carbocycles. The molecule has 9 heteroatoms. The van der Waals surface area contributed by atoms with Crippen molar-refractivity contribution in [3.63, 3.8) is 0 Å². The molecule has 1 fully saturated rings. The van der Waals surface area contributed by atoms with E-state index in [-0.39, 0.29) is 33.8 Å². The molecule has 40 heavy (non-hydrogen) atoms. The third kappa shape index (κ3) is 9.38. The Bertz CT molecular complexity index is 1190. The van der Waals surface area contributed by atoms with Gasteiger partial charge in [0, 0.05) is 33.1 Å². The number of benzene rings is 2. The monoisotopic (exact) mass is 582 g/mol. The van der Waals surface area contributed by atoms with E-state index < -0.39 is 0 Å². The average molecular weight is 583 g/mol. The van der Waals surface area contributed by atoms with E-state index in [0.29, 0.717) is 36.4 Å². The summed E-state index contributed by atoms with van der Waals surface area (Å²) in [6.07, 6.45) is 7.09. The molecule has 0 saturated carbocycles. The van der Waals surface area contributed by atoms with Crippen LogP contribution >= 0.6 is 23.4 Å². The summed E-state index contributed by atoms with van der Waals surface area (Å²) < 4.78 is 0. The minimum Gasteiger partial charge on any atom is -0.360 e. The van der Waals surface area contributed by atoms with Crippen LogP contribution in [0.5, 0.6) is 0 Å². The van der Waals surface area contributed by atoms with Crippen molar-refractivity contribution in [2.24, 2.45) is 0 Å². The van der Waals surface area contributed by atoms with E-state index in [4.69, 9.17) is 17.0 Å². The number of hydrogen-bond donors (Lipinski definition) is 2. The molecule has 3 rings (SSSR count). The van der Waals surface area contributed by atoms with Gasteiger partial charge in [-0.15, -0.1) is 36.5 Å². The minimum absolute atomic E-state index is 0.143. The van der Waals surface area contributed by atoms with E-state index in [1.165, 1.54) is 18.2 Å². The number of nitrogens with one attached hydrogen (secondary N) is 2. The van der Waals surface area contributed by atoms with Crippen LogP contribution in [0.4, 0.5) is 5.69 Å². The second kappa shape index (κ2) is 17.4. The van der Waals surface area contributed by atoms with Crippen molar-refractivity contribution < 1.29 is 14.4 Å². The molecule has 1 heterocycles. The van der Waals surface area contributed by atoms with Gasteiger partial charge in [0.15, 0.2) is 6.29 Å². The van der Waals surface area contributed by atoms with Crippen LogP contribution in [-0.2, 0) is 17.6 Å². The molecular weight excluding hydrogens is 544 g/mol.